The molecule has 146 valence electrons. The summed E-state index contributed by atoms with van der Waals surface area (Å²) in [5.41, 5.74) is 1.70. The molecule has 1 saturated heterocycles. The summed E-state index contributed by atoms with van der Waals surface area (Å²) in [5.74, 6) is -1.27. The van der Waals surface area contributed by atoms with Crippen molar-refractivity contribution in [2.24, 2.45) is 5.92 Å². The van der Waals surface area contributed by atoms with E-state index in [1.807, 2.05) is 29.0 Å². The molecule has 3 heterocycles. The molecule has 0 unspecified atom stereocenters. The van der Waals surface area contributed by atoms with Gasteiger partial charge in [0.15, 0.2) is 0 Å². The Labute approximate surface area is 165 Å². The van der Waals surface area contributed by atoms with Crippen LogP contribution in [0.3, 0.4) is 0 Å². The van der Waals surface area contributed by atoms with E-state index in [2.05, 4.69) is 20.4 Å². The number of carbonyl (C=O) groups is 1. The number of rotatable bonds is 6. The standard InChI is InChI=1S/C19H20FN5O2S/c20-14-3-1-4-15(11-14)21-12-16-5-2-8-25(16)19-23-22-18(28-19)24-9-6-13(7-10-24)17(26)27/h1-5,8,11,13,21H,6-7,9-10,12H2,(H,26,27). The Morgan fingerprint density at radius 2 is 2.00 bits per heavy atom. The summed E-state index contributed by atoms with van der Waals surface area (Å²) in [6, 6.07) is 10.3. The molecule has 3 aromatic rings. The fraction of sp³-hybridized carbons (Fsp3) is 0.316. The lowest BCUT2D eigenvalue weighted by molar-refractivity contribution is -0.142. The monoisotopic (exact) mass is 401 g/mol. The van der Waals surface area contributed by atoms with Crippen LogP contribution in [0.15, 0.2) is 42.6 Å². The SMILES string of the molecule is O=C(O)C1CCN(c2nnc(-n3cccc3CNc3cccc(F)c3)s2)CC1. The minimum absolute atomic E-state index is 0.270. The van der Waals surface area contributed by atoms with Gasteiger partial charge >= 0.3 is 5.97 Å². The van der Waals surface area contributed by atoms with E-state index >= 15 is 0 Å². The van der Waals surface area contributed by atoms with E-state index in [-0.39, 0.29) is 11.7 Å². The van der Waals surface area contributed by atoms with Gasteiger partial charge in [-0.3, -0.25) is 9.36 Å². The zero-order valence-corrected chi connectivity index (χ0v) is 15.9. The average Bonchev–Trinajstić information content (AvgIpc) is 3.36. The molecule has 0 aliphatic carbocycles. The Bertz CT molecular complexity index is 965. The molecule has 9 heteroatoms. The summed E-state index contributed by atoms with van der Waals surface area (Å²) in [5, 5.41) is 22.5. The Morgan fingerprint density at radius 1 is 1.21 bits per heavy atom. The molecule has 2 aromatic heterocycles. The average molecular weight is 401 g/mol. The third-order valence-electron chi connectivity index (χ3n) is 4.86. The molecule has 7 nitrogen and oxygen atoms in total. The smallest absolute Gasteiger partial charge is 0.306 e. The molecule has 28 heavy (non-hydrogen) atoms. The molecule has 0 saturated carbocycles. The van der Waals surface area contributed by atoms with Crippen molar-refractivity contribution in [2.45, 2.75) is 19.4 Å². The fourth-order valence-corrected chi connectivity index (χ4v) is 4.20. The Kier molecular flexibility index (Phi) is 5.25. The number of anilines is 2. The van der Waals surface area contributed by atoms with Gasteiger partial charge in [-0.1, -0.05) is 17.4 Å². The summed E-state index contributed by atoms with van der Waals surface area (Å²) in [6.45, 7) is 1.87. The van der Waals surface area contributed by atoms with Crippen molar-refractivity contribution in [3.63, 3.8) is 0 Å². The van der Waals surface area contributed by atoms with E-state index < -0.39 is 5.97 Å². The number of hydrogen-bond donors (Lipinski definition) is 2. The van der Waals surface area contributed by atoms with Crippen LogP contribution in [0.2, 0.25) is 0 Å². The van der Waals surface area contributed by atoms with Crippen LogP contribution in [0, 0.1) is 11.7 Å². The first-order valence-corrected chi connectivity index (χ1v) is 9.89. The molecule has 2 N–H and O–H groups in total. The predicted octanol–water partition coefficient (Wildman–Crippen LogP) is 3.38. The maximum atomic E-state index is 13.3. The zero-order valence-electron chi connectivity index (χ0n) is 15.1. The van der Waals surface area contributed by atoms with Gasteiger partial charge in [-0.2, -0.15) is 0 Å². The van der Waals surface area contributed by atoms with Gasteiger partial charge in [0.05, 0.1) is 12.5 Å². The van der Waals surface area contributed by atoms with E-state index in [1.165, 1.54) is 23.5 Å². The van der Waals surface area contributed by atoms with Crippen molar-refractivity contribution < 1.29 is 14.3 Å². The number of benzene rings is 1. The third-order valence-corrected chi connectivity index (χ3v) is 5.84. The van der Waals surface area contributed by atoms with E-state index in [9.17, 15) is 9.18 Å². The van der Waals surface area contributed by atoms with E-state index in [1.54, 1.807) is 6.07 Å². The second-order valence-electron chi connectivity index (χ2n) is 6.70. The minimum Gasteiger partial charge on any atom is -0.481 e. The Hall–Kier alpha value is -2.94. The largest absolute Gasteiger partial charge is 0.481 e. The normalized spacial score (nSPS) is 15.0. The van der Waals surface area contributed by atoms with Gasteiger partial charge < -0.3 is 15.3 Å². The maximum absolute atomic E-state index is 13.3. The van der Waals surface area contributed by atoms with Crippen LogP contribution in [0.4, 0.5) is 15.2 Å². The lowest BCUT2D eigenvalue weighted by atomic mass is 9.98. The van der Waals surface area contributed by atoms with Crippen LogP contribution in [0.25, 0.3) is 5.13 Å². The van der Waals surface area contributed by atoms with Crippen molar-refractivity contribution in [1.29, 1.82) is 0 Å². The lowest BCUT2D eigenvalue weighted by Gasteiger charge is -2.29. The topological polar surface area (TPSA) is 83.3 Å². The first-order chi connectivity index (χ1) is 13.6. The van der Waals surface area contributed by atoms with Gasteiger partial charge in [0, 0.05) is 30.7 Å². The molecular formula is C19H20FN5O2S. The van der Waals surface area contributed by atoms with Gasteiger partial charge in [0.2, 0.25) is 10.3 Å². The molecule has 1 aliphatic heterocycles. The number of carboxylic acid groups (broad SMARTS) is 1. The van der Waals surface area contributed by atoms with Crippen molar-refractivity contribution in [2.75, 3.05) is 23.3 Å². The number of aliphatic carboxylic acids is 1. The molecule has 0 atom stereocenters. The number of halogens is 1. The molecule has 1 aliphatic rings. The molecular weight excluding hydrogens is 381 g/mol. The van der Waals surface area contributed by atoms with Gasteiger partial charge in [-0.05, 0) is 43.2 Å². The van der Waals surface area contributed by atoms with Crippen molar-refractivity contribution in [3.8, 4) is 5.13 Å². The number of carboxylic acids is 1. The maximum Gasteiger partial charge on any atom is 0.306 e. The van der Waals surface area contributed by atoms with Crippen LogP contribution in [-0.2, 0) is 11.3 Å². The predicted molar refractivity (Wildman–Crippen MR) is 106 cm³/mol. The number of piperidine rings is 1. The highest BCUT2D eigenvalue weighted by Gasteiger charge is 2.26. The van der Waals surface area contributed by atoms with E-state index in [0.29, 0.717) is 38.2 Å². The van der Waals surface area contributed by atoms with Crippen molar-refractivity contribution in [1.82, 2.24) is 14.8 Å². The van der Waals surface area contributed by atoms with Crippen molar-refractivity contribution >= 4 is 28.1 Å². The molecule has 0 radical (unpaired) electrons. The summed E-state index contributed by atoms with van der Waals surface area (Å²) < 4.78 is 15.3. The van der Waals surface area contributed by atoms with Gasteiger partial charge in [0.1, 0.15) is 5.82 Å². The molecule has 0 bridgehead atoms. The number of nitrogens with zero attached hydrogens (tertiary/aromatic N) is 4. The highest BCUT2D eigenvalue weighted by molar-refractivity contribution is 7.17. The second-order valence-corrected chi connectivity index (χ2v) is 7.63. The van der Waals surface area contributed by atoms with Crippen LogP contribution in [0.1, 0.15) is 18.5 Å². The number of aromatic nitrogens is 3. The van der Waals surface area contributed by atoms with Crippen molar-refractivity contribution in [3.05, 3.63) is 54.1 Å². The van der Waals surface area contributed by atoms with Gasteiger partial charge in [-0.25, -0.2) is 4.39 Å². The van der Waals surface area contributed by atoms with E-state index in [4.69, 9.17) is 5.11 Å². The van der Waals surface area contributed by atoms with Crippen LogP contribution < -0.4 is 10.2 Å². The molecule has 1 fully saturated rings. The molecule has 0 amide bonds. The van der Waals surface area contributed by atoms with Gasteiger partial charge in [-0.15, -0.1) is 10.2 Å². The Morgan fingerprint density at radius 3 is 2.75 bits per heavy atom. The summed E-state index contributed by atoms with van der Waals surface area (Å²) in [6.07, 6.45) is 3.16. The van der Waals surface area contributed by atoms with E-state index in [0.717, 1.165) is 16.0 Å². The lowest BCUT2D eigenvalue weighted by Crippen LogP contribution is -2.36. The molecule has 0 spiro atoms. The minimum atomic E-state index is -0.722. The van der Waals surface area contributed by atoms with Crippen LogP contribution in [-0.4, -0.2) is 38.9 Å². The first-order valence-electron chi connectivity index (χ1n) is 9.07. The fourth-order valence-electron chi connectivity index (χ4n) is 3.29. The quantitative estimate of drug-likeness (QED) is 0.659. The van der Waals surface area contributed by atoms with Crippen LogP contribution >= 0.6 is 11.3 Å². The van der Waals surface area contributed by atoms with Gasteiger partial charge in [0.25, 0.3) is 0 Å². The van der Waals surface area contributed by atoms with Crippen LogP contribution in [0.5, 0.6) is 0 Å². The molecule has 1 aromatic carbocycles. The summed E-state index contributed by atoms with van der Waals surface area (Å²) in [7, 11) is 0. The number of nitrogens with one attached hydrogen (secondary N) is 1. The zero-order chi connectivity index (χ0) is 19.5. The first kappa shape index (κ1) is 18.4. The Balaban J connectivity index is 1.43. The summed E-state index contributed by atoms with van der Waals surface area (Å²) in [4.78, 5) is 13.2. The molecule has 4 rings (SSSR count). The third kappa shape index (κ3) is 3.99. The highest BCUT2D eigenvalue weighted by atomic mass is 32.1. The summed E-state index contributed by atoms with van der Waals surface area (Å²) >= 11 is 1.48. The highest BCUT2D eigenvalue weighted by Crippen LogP contribution is 2.28. The second kappa shape index (κ2) is 7.97. The number of hydrogen-bond acceptors (Lipinski definition) is 6.